The Kier molecular flexibility index (Phi) is 7.19. The highest BCUT2D eigenvalue weighted by Gasteiger charge is 2.58. The van der Waals surface area contributed by atoms with E-state index in [4.69, 9.17) is 33.3 Å². The van der Waals surface area contributed by atoms with Crippen molar-refractivity contribution >= 4 is 43.7 Å². The molecule has 7 rings (SSSR count). The minimum Gasteiger partial charge on any atom is -0.385 e. The summed E-state index contributed by atoms with van der Waals surface area (Å²) in [7, 11) is -10.5. The number of phosphoric acid groups is 2. The second-order valence-corrected chi connectivity index (χ2v) is 13.0. The van der Waals surface area contributed by atoms with Crippen LogP contribution in [-0.2, 0) is 42.4 Å². The summed E-state index contributed by atoms with van der Waals surface area (Å²) in [6.07, 6.45) is -7.27. The maximum atomic E-state index is 15.9. The van der Waals surface area contributed by atoms with E-state index in [9.17, 15) is 33.2 Å². The molecule has 0 amide bonds. The molecule has 0 spiro atoms. The molecule has 3 aliphatic rings. The third-order valence-corrected chi connectivity index (χ3v) is 9.54. The Bertz CT molecular complexity index is 1960. The van der Waals surface area contributed by atoms with Crippen molar-refractivity contribution in [3.05, 3.63) is 41.3 Å². The van der Waals surface area contributed by atoms with Gasteiger partial charge in [0.05, 0.1) is 32.5 Å². The van der Waals surface area contributed by atoms with Crippen LogP contribution in [0.5, 0.6) is 0 Å². The topological polar surface area (TPSA) is 271 Å². The number of halogens is 2. The molecule has 0 aliphatic carbocycles. The summed E-state index contributed by atoms with van der Waals surface area (Å²) < 4.78 is 90.9. The Morgan fingerprint density at radius 2 is 1.84 bits per heavy atom. The third-order valence-electron chi connectivity index (χ3n) is 7.53. The minimum atomic E-state index is -5.36. The zero-order valence-electron chi connectivity index (χ0n) is 22.3. The van der Waals surface area contributed by atoms with E-state index in [2.05, 4.69) is 24.9 Å². The molecule has 0 radical (unpaired) electrons. The van der Waals surface area contributed by atoms with Gasteiger partial charge in [-0.25, -0.2) is 37.8 Å². The molecule has 242 valence electrons. The van der Waals surface area contributed by atoms with Crippen LogP contribution in [0, 0.1) is 5.82 Å². The van der Waals surface area contributed by atoms with E-state index in [-0.39, 0.29) is 17.0 Å². The van der Waals surface area contributed by atoms with Crippen LogP contribution in [0.2, 0.25) is 0 Å². The van der Waals surface area contributed by atoms with Crippen LogP contribution >= 0.6 is 15.6 Å². The molecular formula is C21H22F2N8O12P2. The van der Waals surface area contributed by atoms with Crippen LogP contribution in [0.3, 0.4) is 0 Å². The number of fused-ring (bicyclic) bond motifs is 5. The summed E-state index contributed by atoms with van der Waals surface area (Å²) in [6.45, 7) is -2.69. The number of aliphatic hydroxyl groups excluding tert-OH is 1. The van der Waals surface area contributed by atoms with Gasteiger partial charge in [-0.3, -0.25) is 32.0 Å². The Balaban J connectivity index is 1.26. The Morgan fingerprint density at radius 3 is 2.64 bits per heavy atom. The highest BCUT2D eigenvalue weighted by atomic mass is 31.2. The van der Waals surface area contributed by atoms with Gasteiger partial charge in [0.1, 0.15) is 41.6 Å². The molecule has 2 bridgehead atoms. The normalized spacial score (nSPS) is 37.7. The third kappa shape index (κ3) is 4.98. The van der Waals surface area contributed by atoms with E-state index in [1.807, 2.05) is 0 Å². The maximum Gasteiger partial charge on any atom is 0.474 e. The summed E-state index contributed by atoms with van der Waals surface area (Å²) in [5, 5.41) is 10.7. The first kappa shape index (κ1) is 30.4. The molecule has 20 nitrogen and oxygen atoms in total. The van der Waals surface area contributed by atoms with Gasteiger partial charge in [0, 0.05) is 6.20 Å². The Morgan fingerprint density at radius 1 is 1.09 bits per heavy atom. The number of aromatic amines is 1. The van der Waals surface area contributed by atoms with Gasteiger partial charge in [-0.05, 0) is 0 Å². The van der Waals surface area contributed by atoms with E-state index in [1.54, 1.807) is 0 Å². The van der Waals surface area contributed by atoms with E-state index in [0.29, 0.717) is 6.20 Å². The highest BCUT2D eigenvalue weighted by molar-refractivity contribution is 7.47. The van der Waals surface area contributed by atoms with Gasteiger partial charge in [-0.2, -0.15) is 0 Å². The first-order valence-electron chi connectivity index (χ1n) is 12.9. The van der Waals surface area contributed by atoms with E-state index in [0.717, 1.165) is 28.1 Å². The summed E-state index contributed by atoms with van der Waals surface area (Å²) in [6, 6.07) is 0. The zero-order valence-corrected chi connectivity index (χ0v) is 24.1. The van der Waals surface area contributed by atoms with Gasteiger partial charge in [0.2, 0.25) is 5.72 Å². The number of imidazole rings is 1. The highest BCUT2D eigenvalue weighted by Crippen LogP contribution is 2.55. The van der Waals surface area contributed by atoms with Crippen molar-refractivity contribution in [1.29, 1.82) is 0 Å². The van der Waals surface area contributed by atoms with Crippen molar-refractivity contribution < 1.29 is 60.4 Å². The van der Waals surface area contributed by atoms with Crippen LogP contribution in [0.15, 0.2) is 30.0 Å². The van der Waals surface area contributed by atoms with Crippen LogP contribution in [-0.4, -0.2) is 99.4 Å². The number of H-pyrrole nitrogens is 1. The Labute approximate surface area is 247 Å². The number of rotatable bonds is 2. The number of anilines is 1. The number of nitrogens with one attached hydrogen (secondary N) is 1. The molecule has 7 heterocycles. The van der Waals surface area contributed by atoms with Gasteiger partial charge < -0.3 is 35.1 Å². The van der Waals surface area contributed by atoms with Crippen molar-refractivity contribution in [2.75, 3.05) is 25.6 Å². The molecule has 9 atom stereocenters. The van der Waals surface area contributed by atoms with Crippen LogP contribution < -0.4 is 11.3 Å². The average molecular weight is 678 g/mol. The van der Waals surface area contributed by atoms with E-state index >= 15 is 4.39 Å². The van der Waals surface area contributed by atoms with Crippen molar-refractivity contribution in [3.63, 3.8) is 0 Å². The predicted octanol–water partition coefficient (Wildman–Crippen LogP) is -0.417. The zero-order chi connectivity index (χ0) is 31.9. The number of nitrogens with two attached hydrogens (primary N) is 1. The summed E-state index contributed by atoms with van der Waals surface area (Å²) in [4.78, 5) is 51.5. The molecule has 0 saturated carbocycles. The molecule has 4 aromatic rings. The van der Waals surface area contributed by atoms with Crippen molar-refractivity contribution in [2.24, 2.45) is 0 Å². The molecule has 3 aliphatic heterocycles. The second kappa shape index (κ2) is 10.6. The second-order valence-electron chi connectivity index (χ2n) is 10.2. The van der Waals surface area contributed by atoms with Crippen LogP contribution in [0.25, 0.3) is 22.2 Å². The molecule has 3 unspecified atom stereocenters. The van der Waals surface area contributed by atoms with Gasteiger partial charge in [-0.1, -0.05) is 0 Å². The lowest BCUT2D eigenvalue weighted by Crippen LogP contribution is -2.48. The summed E-state index contributed by atoms with van der Waals surface area (Å²) >= 11 is 0. The fraction of sp³-hybridized carbons (Fsp3) is 0.476. The number of aliphatic hydroxyl groups is 1. The first-order valence-corrected chi connectivity index (χ1v) is 15.9. The standard InChI is InChI=1S/C21H22F2N8O12P2/c22-8-1-31(17-11(8)19(33)28-6-26-17)21-4-38-10(15(21)32)3-39-44(34,35)42-14-9(2-40-45(36,37)43-21)41-20(12(14)23)30-7-29-13-16(24)25-5-27-18(13)30/h1,5-7,9-10,12,14-15,20,32H,2-4H2,(H,34,35)(H,36,37)(H2,24,25,27)(H,26,28,33)/t9?,10-,12-,14-,15-,20-,21-/m1/s1. The summed E-state index contributed by atoms with van der Waals surface area (Å²) in [5.74, 6) is -1.15. The Hall–Kier alpha value is -3.27. The quantitative estimate of drug-likeness (QED) is 0.168. The molecule has 24 heteroatoms. The van der Waals surface area contributed by atoms with Crippen molar-refractivity contribution in [3.8, 4) is 0 Å². The molecule has 4 aromatic heterocycles. The van der Waals surface area contributed by atoms with Gasteiger partial charge in [0.15, 0.2) is 35.3 Å². The number of ether oxygens (including phenoxy) is 2. The number of nitrogen functional groups attached to an aromatic ring is 1. The van der Waals surface area contributed by atoms with Gasteiger partial charge in [-0.15, -0.1) is 0 Å². The summed E-state index contributed by atoms with van der Waals surface area (Å²) in [5.41, 5.74) is 2.10. The molecular weight excluding hydrogens is 656 g/mol. The lowest BCUT2D eigenvalue weighted by Gasteiger charge is -2.34. The molecule has 6 N–H and O–H groups in total. The largest absolute Gasteiger partial charge is 0.474 e. The number of hydrogen-bond donors (Lipinski definition) is 5. The van der Waals surface area contributed by atoms with E-state index in [1.165, 1.54) is 0 Å². The SMILES string of the molecule is Nc1ncnc2c1ncn2[C@@H]1OC2COP(=O)(O)O[C@]3(n4cc(F)c5c(=O)[nH]cnc54)CO[C@H](COP(=O)(O)O[C@H]2[C@H]1F)[C@H]3O. The van der Waals surface area contributed by atoms with Crippen LogP contribution in [0.1, 0.15) is 6.23 Å². The number of nitrogens with zero attached hydrogens (tertiary/aromatic N) is 6. The lowest BCUT2D eigenvalue weighted by molar-refractivity contribution is -0.109. The smallest absolute Gasteiger partial charge is 0.385 e. The monoisotopic (exact) mass is 678 g/mol. The van der Waals surface area contributed by atoms with E-state index < -0.39 is 100 Å². The van der Waals surface area contributed by atoms with Crippen LogP contribution in [0.4, 0.5) is 14.6 Å². The number of phosphoric ester groups is 2. The fourth-order valence-corrected chi connectivity index (χ4v) is 7.46. The number of hydrogen-bond acceptors (Lipinski definition) is 15. The molecule has 45 heavy (non-hydrogen) atoms. The van der Waals surface area contributed by atoms with Gasteiger partial charge in [0.25, 0.3) is 5.56 Å². The van der Waals surface area contributed by atoms with Crippen molar-refractivity contribution in [1.82, 2.24) is 34.1 Å². The fourth-order valence-electron chi connectivity index (χ4n) is 5.46. The first-order chi connectivity index (χ1) is 21.3. The molecule has 3 fully saturated rings. The predicted molar refractivity (Wildman–Crippen MR) is 140 cm³/mol. The minimum absolute atomic E-state index is 0.0240. The molecule has 3 saturated heterocycles. The number of alkyl halides is 1. The average Bonchev–Trinajstić information content (AvgIpc) is 3.72. The number of aromatic nitrogens is 7. The maximum absolute atomic E-state index is 15.9. The lowest BCUT2D eigenvalue weighted by atomic mass is 10.1. The molecule has 0 aromatic carbocycles. The van der Waals surface area contributed by atoms with Crippen molar-refractivity contribution in [2.45, 2.75) is 42.5 Å². The van der Waals surface area contributed by atoms with Gasteiger partial charge >= 0.3 is 15.6 Å².